The Balaban J connectivity index is 2.52. The molecule has 7 nitrogen and oxygen atoms in total. The van der Waals surface area contributed by atoms with Crippen molar-refractivity contribution in [3.8, 4) is 0 Å². The normalized spacial score (nSPS) is 12.9. The van der Waals surface area contributed by atoms with E-state index in [1.165, 1.54) is 19.2 Å². The van der Waals surface area contributed by atoms with E-state index in [0.29, 0.717) is 6.42 Å². The van der Waals surface area contributed by atoms with Crippen LogP contribution in [0.2, 0.25) is 0 Å². The van der Waals surface area contributed by atoms with Gasteiger partial charge in [-0.15, -0.1) is 0 Å². The summed E-state index contributed by atoms with van der Waals surface area (Å²) < 4.78 is 31.0. The fourth-order valence-corrected chi connectivity index (χ4v) is 2.68. The molecule has 21 heavy (non-hydrogen) atoms. The van der Waals surface area contributed by atoms with Crippen molar-refractivity contribution in [2.24, 2.45) is 0 Å². The topological polar surface area (TPSA) is 105 Å². The SMILES string of the molecule is COCC(CCO)NC(=O)CNS(=O)(=O)c1ccccc1. The highest BCUT2D eigenvalue weighted by Gasteiger charge is 2.16. The Bertz CT molecular complexity index is 527. The van der Waals surface area contributed by atoms with Gasteiger partial charge in [0.05, 0.1) is 24.1 Å². The van der Waals surface area contributed by atoms with Crippen LogP contribution in [0.25, 0.3) is 0 Å². The van der Waals surface area contributed by atoms with Crippen molar-refractivity contribution in [3.05, 3.63) is 30.3 Å². The highest BCUT2D eigenvalue weighted by Crippen LogP contribution is 2.06. The van der Waals surface area contributed by atoms with Crippen molar-refractivity contribution < 1.29 is 23.1 Å². The number of aliphatic hydroxyl groups excluding tert-OH is 1. The molecular formula is C13H20N2O5S. The third-order valence-corrected chi connectivity index (χ3v) is 4.10. The fourth-order valence-electron chi connectivity index (χ4n) is 1.68. The number of ether oxygens (including phenoxy) is 1. The molecule has 1 amide bonds. The van der Waals surface area contributed by atoms with Crippen molar-refractivity contribution in [2.75, 3.05) is 26.9 Å². The lowest BCUT2D eigenvalue weighted by atomic mass is 10.2. The number of hydrogen-bond donors (Lipinski definition) is 3. The summed E-state index contributed by atoms with van der Waals surface area (Å²) in [6.45, 7) is -0.218. The molecule has 0 aliphatic carbocycles. The zero-order chi connectivity index (χ0) is 15.7. The molecule has 0 saturated carbocycles. The first-order chi connectivity index (χ1) is 9.99. The second kappa shape index (κ2) is 8.73. The lowest BCUT2D eigenvalue weighted by Gasteiger charge is -2.17. The maximum absolute atomic E-state index is 11.9. The number of rotatable bonds is 9. The number of carbonyl (C=O) groups excluding carboxylic acids is 1. The number of nitrogens with one attached hydrogen (secondary N) is 2. The van der Waals surface area contributed by atoms with Gasteiger partial charge in [-0.1, -0.05) is 18.2 Å². The van der Waals surface area contributed by atoms with E-state index in [0.717, 1.165) is 0 Å². The van der Waals surface area contributed by atoms with E-state index in [4.69, 9.17) is 9.84 Å². The average Bonchev–Trinajstić information content (AvgIpc) is 2.47. The standard InChI is InChI=1S/C13H20N2O5S/c1-20-10-11(7-8-16)15-13(17)9-14-21(18,19)12-5-3-2-4-6-12/h2-6,11,14,16H,7-10H2,1H3,(H,15,17). The fraction of sp³-hybridized carbons (Fsp3) is 0.462. The van der Waals surface area contributed by atoms with Crippen LogP contribution in [-0.2, 0) is 19.6 Å². The number of sulfonamides is 1. The Morgan fingerprint density at radius 2 is 2.00 bits per heavy atom. The summed E-state index contributed by atoms with van der Waals surface area (Å²) in [5, 5.41) is 11.5. The Kier molecular flexibility index (Phi) is 7.30. The minimum atomic E-state index is -3.71. The summed E-state index contributed by atoms with van der Waals surface area (Å²) in [5.74, 6) is -0.481. The van der Waals surface area contributed by atoms with Gasteiger partial charge >= 0.3 is 0 Å². The Morgan fingerprint density at radius 3 is 2.57 bits per heavy atom. The number of methoxy groups -OCH3 is 1. The Hall–Kier alpha value is -1.48. The molecule has 1 aromatic rings. The van der Waals surface area contributed by atoms with E-state index in [2.05, 4.69) is 10.0 Å². The van der Waals surface area contributed by atoms with Gasteiger partial charge in [0.15, 0.2) is 0 Å². The number of amides is 1. The van der Waals surface area contributed by atoms with Gasteiger partial charge in [0, 0.05) is 13.7 Å². The van der Waals surface area contributed by atoms with E-state index in [1.807, 2.05) is 0 Å². The van der Waals surface area contributed by atoms with Crippen LogP contribution in [0.4, 0.5) is 0 Å². The maximum atomic E-state index is 11.9. The maximum Gasteiger partial charge on any atom is 0.241 e. The summed E-state index contributed by atoms with van der Waals surface area (Å²) in [6, 6.07) is 7.44. The summed E-state index contributed by atoms with van der Waals surface area (Å²) in [4.78, 5) is 11.8. The van der Waals surface area contributed by atoms with Crippen LogP contribution >= 0.6 is 0 Å². The van der Waals surface area contributed by atoms with Crippen LogP contribution in [0.5, 0.6) is 0 Å². The first kappa shape index (κ1) is 17.6. The third-order valence-electron chi connectivity index (χ3n) is 2.69. The molecular weight excluding hydrogens is 296 g/mol. The van der Waals surface area contributed by atoms with Gasteiger partial charge in [0.2, 0.25) is 15.9 Å². The summed E-state index contributed by atoms with van der Waals surface area (Å²) in [5.41, 5.74) is 0. The molecule has 0 fully saturated rings. The summed E-state index contributed by atoms with van der Waals surface area (Å²) in [6.07, 6.45) is 0.338. The monoisotopic (exact) mass is 316 g/mol. The quantitative estimate of drug-likeness (QED) is 0.568. The zero-order valence-corrected chi connectivity index (χ0v) is 12.6. The number of hydrogen-bond acceptors (Lipinski definition) is 5. The lowest BCUT2D eigenvalue weighted by molar-refractivity contribution is -0.121. The van der Waals surface area contributed by atoms with Crippen molar-refractivity contribution in [3.63, 3.8) is 0 Å². The van der Waals surface area contributed by atoms with Crippen LogP contribution in [0, 0.1) is 0 Å². The van der Waals surface area contributed by atoms with Crippen molar-refractivity contribution in [2.45, 2.75) is 17.4 Å². The van der Waals surface area contributed by atoms with E-state index >= 15 is 0 Å². The van der Waals surface area contributed by atoms with Crippen LogP contribution < -0.4 is 10.0 Å². The van der Waals surface area contributed by atoms with Gasteiger partial charge in [-0.3, -0.25) is 4.79 Å². The van der Waals surface area contributed by atoms with E-state index in [1.54, 1.807) is 18.2 Å². The molecule has 0 spiro atoms. The molecule has 0 saturated heterocycles. The van der Waals surface area contributed by atoms with Crippen LogP contribution in [0.15, 0.2) is 35.2 Å². The van der Waals surface area contributed by atoms with Gasteiger partial charge in [-0.25, -0.2) is 13.1 Å². The first-order valence-electron chi connectivity index (χ1n) is 6.43. The molecule has 3 N–H and O–H groups in total. The number of carbonyl (C=O) groups is 1. The zero-order valence-electron chi connectivity index (χ0n) is 11.8. The highest BCUT2D eigenvalue weighted by atomic mass is 32.2. The van der Waals surface area contributed by atoms with E-state index in [9.17, 15) is 13.2 Å². The van der Waals surface area contributed by atoms with Crippen molar-refractivity contribution in [1.82, 2.24) is 10.0 Å². The highest BCUT2D eigenvalue weighted by molar-refractivity contribution is 7.89. The molecule has 118 valence electrons. The predicted molar refractivity (Wildman–Crippen MR) is 77.1 cm³/mol. The van der Waals surface area contributed by atoms with Crippen LogP contribution in [-0.4, -0.2) is 52.3 Å². The van der Waals surface area contributed by atoms with Crippen molar-refractivity contribution in [1.29, 1.82) is 0 Å². The molecule has 0 bridgehead atoms. The Labute approximate surface area is 124 Å². The second-order valence-corrected chi connectivity index (χ2v) is 6.14. The average molecular weight is 316 g/mol. The summed E-state index contributed by atoms with van der Waals surface area (Å²) in [7, 11) is -2.23. The van der Waals surface area contributed by atoms with Gasteiger partial charge < -0.3 is 15.2 Å². The third kappa shape index (κ3) is 6.21. The molecule has 0 aliphatic rings. The predicted octanol–water partition coefficient (Wildman–Crippen LogP) is -0.521. The largest absolute Gasteiger partial charge is 0.396 e. The van der Waals surface area contributed by atoms with Crippen molar-refractivity contribution >= 4 is 15.9 Å². The molecule has 0 aliphatic heterocycles. The molecule has 1 atom stereocenters. The molecule has 1 unspecified atom stereocenters. The van der Waals surface area contributed by atoms with E-state index in [-0.39, 0.29) is 30.7 Å². The van der Waals surface area contributed by atoms with Gasteiger partial charge in [0.25, 0.3) is 0 Å². The first-order valence-corrected chi connectivity index (χ1v) is 7.91. The lowest BCUT2D eigenvalue weighted by Crippen LogP contribution is -2.44. The van der Waals surface area contributed by atoms with Gasteiger partial charge in [-0.05, 0) is 18.6 Å². The number of benzene rings is 1. The molecule has 1 aromatic carbocycles. The minimum absolute atomic E-state index is 0.0932. The second-order valence-electron chi connectivity index (χ2n) is 4.37. The molecule has 0 radical (unpaired) electrons. The van der Waals surface area contributed by atoms with Crippen LogP contribution in [0.1, 0.15) is 6.42 Å². The van der Waals surface area contributed by atoms with Gasteiger partial charge in [-0.2, -0.15) is 0 Å². The molecule has 1 rings (SSSR count). The van der Waals surface area contributed by atoms with Crippen LogP contribution in [0.3, 0.4) is 0 Å². The molecule has 8 heteroatoms. The summed E-state index contributed by atoms with van der Waals surface area (Å²) >= 11 is 0. The Morgan fingerprint density at radius 1 is 1.33 bits per heavy atom. The van der Waals surface area contributed by atoms with Gasteiger partial charge in [0.1, 0.15) is 0 Å². The molecule has 0 heterocycles. The minimum Gasteiger partial charge on any atom is -0.396 e. The van der Waals surface area contributed by atoms with E-state index < -0.39 is 15.9 Å². The smallest absolute Gasteiger partial charge is 0.241 e. The molecule has 0 aromatic heterocycles. The number of aliphatic hydroxyl groups is 1.